The Balaban J connectivity index is 2.13. The van der Waals surface area contributed by atoms with E-state index in [9.17, 15) is 0 Å². The van der Waals surface area contributed by atoms with Crippen molar-refractivity contribution in [2.45, 2.75) is 64.8 Å². The summed E-state index contributed by atoms with van der Waals surface area (Å²) in [6, 6.07) is 0.653. The summed E-state index contributed by atoms with van der Waals surface area (Å²) < 4.78 is 0. The first-order chi connectivity index (χ1) is 8.06. The minimum absolute atomic E-state index is 0.336. The molecule has 100 valence electrons. The van der Waals surface area contributed by atoms with E-state index in [4.69, 9.17) is 10.9 Å². The fourth-order valence-corrected chi connectivity index (χ4v) is 2.63. The summed E-state index contributed by atoms with van der Waals surface area (Å²) in [6.45, 7) is 5.76. The fraction of sp³-hybridized carbons (Fsp3) is 0.923. The van der Waals surface area contributed by atoms with Crippen LogP contribution in [0.5, 0.6) is 0 Å². The number of unbranched alkanes of at least 4 members (excludes halogenated alkanes) is 1. The van der Waals surface area contributed by atoms with Crippen LogP contribution in [-0.4, -0.2) is 23.6 Å². The lowest BCUT2D eigenvalue weighted by Gasteiger charge is -2.39. The van der Waals surface area contributed by atoms with Crippen molar-refractivity contribution in [1.82, 2.24) is 5.32 Å². The molecule has 1 aliphatic rings. The molecule has 1 aliphatic carbocycles. The van der Waals surface area contributed by atoms with Crippen LogP contribution in [0.3, 0.4) is 0 Å². The Morgan fingerprint density at radius 2 is 2.18 bits per heavy atom. The van der Waals surface area contributed by atoms with Crippen LogP contribution in [0.15, 0.2) is 5.16 Å². The third-order valence-corrected chi connectivity index (χ3v) is 3.89. The van der Waals surface area contributed by atoms with E-state index in [2.05, 4.69) is 24.3 Å². The van der Waals surface area contributed by atoms with E-state index in [1.807, 2.05) is 0 Å². The van der Waals surface area contributed by atoms with E-state index in [1.165, 1.54) is 25.7 Å². The molecule has 1 atom stereocenters. The number of nitrogens with two attached hydrogens (primary N) is 1. The molecule has 1 fully saturated rings. The lowest BCUT2D eigenvalue weighted by molar-refractivity contribution is 0.168. The van der Waals surface area contributed by atoms with E-state index in [1.54, 1.807) is 0 Å². The molecule has 0 aromatic rings. The van der Waals surface area contributed by atoms with Gasteiger partial charge in [-0.25, -0.2) is 0 Å². The van der Waals surface area contributed by atoms with Crippen LogP contribution in [-0.2, 0) is 0 Å². The Hall–Kier alpha value is -0.770. The van der Waals surface area contributed by atoms with E-state index in [0.717, 1.165) is 19.4 Å². The van der Waals surface area contributed by atoms with Crippen molar-refractivity contribution in [3.05, 3.63) is 0 Å². The molecule has 1 saturated carbocycles. The predicted octanol–water partition coefficient (Wildman–Crippen LogP) is 2.46. The largest absolute Gasteiger partial charge is 0.409 e. The van der Waals surface area contributed by atoms with Gasteiger partial charge in [0.25, 0.3) is 0 Å². The molecule has 4 N–H and O–H groups in total. The number of nitrogens with zero attached hydrogens (tertiary/aromatic N) is 1. The van der Waals surface area contributed by atoms with Gasteiger partial charge in [-0.05, 0) is 37.6 Å². The third-order valence-electron chi connectivity index (χ3n) is 3.89. The van der Waals surface area contributed by atoms with Gasteiger partial charge in [0, 0.05) is 12.5 Å². The maximum Gasteiger partial charge on any atom is 0.139 e. The molecule has 0 heterocycles. The zero-order chi connectivity index (χ0) is 12.7. The molecule has 0 bridgehead atoms. The van der Waals surface area contributed by atoms with Gasteiger partial charge in [-0.3, -0.25) is 0 Å². The molecule has 4 nitrogen and oxygen atoms in total. The molecule has 0 aromatic heterocycles. The van der Waals surface area contributed by atoms with Crippen molar-refractivity contribution in [1.29, 1.82) is 0 Å². The van der Waals surface area contributed by atoms with Gasteiger partial charge in [0.05, 0.1) is 0 Å². The number of rotatable bonds is 6. The second kappa shape index (κ2) is 6.84. The molecule has 0 radical (unpaired) electrons. The van der Waals surface area contributed by atoms with E-state index >= 15 is 0 Å². The lowest BCUT2D eigenvalue weighted by atomic mass is 9.73. The Labute approximate surface area is 105 Å². The summed E-state index contributed by atoms with van der Waals surface area (Å²) in [5, 5.41) is 15.0. The van der Waals surface area contributed by atoms with Crippen LogP contribution in [0.25, 0.3) is 0 Å². The Kier molecular flexibility index (Phi) is 5.75. The third kappa shape index (κ3) is 4.94. The topological polar surface area (TPSA) is 70.6 Å². The van der Waals surface area contributed by atoms with Crippen LogP contribution in [0.1, 0.15) is 58.8 Å². The van der Waals surface area contributed by atoms with Crippen molar-refractivity contribution in [3.8, 4) is 0 Å². The maximum atomic E-state index is 8.41. The number of amidine groups is 1. The number of hydrogen-bond acceptors (Lipinski definition) is 3. The van der Waals surface area contributed by atoms with Gasteiger partial charge in [-0.15, -0.1) is 0 Å². The summed E-state index contributed by atoms with van der Waals surface area (Å²) in [7, 11) is 0. The minimum atomic E-state index is 0.336. The van der Waals surface area contributed by atoms with Gasteiger partial charge in [0.1, 0.15) is 5.84 Å². The molecule has 0 aromatic carbocycles. The average Bonchev–Trinajstić information content (AvgIpc) is 2.30. The summed E-state index contributed by atoms with van der Waals surface area (Å²) in [5.74, 6) is 0.336. The lowest BCUT2D eigenvalue weighted by Crippen LogP contribution is -2.44. The van der Waals surface area contributed by atoms with Crippen molar-refractivity contribution in [2.75, 3.05) is 6.54 Å². The summed E-state index contributed by atoms with van der Waals surface area (Å²) in [4.78, 5) is 0. The molecule has 1 unspecified atom stereocenters. The van der Waals surface area contributed by atoms with Gasteiger partial charge < -0.3 is 16.3 Å². The van der Waals surface area contributed by atoms with Crippen LogP contribution in [0, 0.1) is 5.41 Å². The highest BCUT2D eigenvalue weighted by Crippen LogP contribution is 2.35. The summed E-state index contributed by atoms with van der Waals surface area (Å²) in [6.07, 6.45) is 8.10. The number of hydrogen-bond donors (Lipinski definition) is 3. The summed E-state index contributed by atoms with van der Waals surface area (Å²) >= 11 is 0. The van der Waals surface area contributed by atoms with Gasteiger partial charge in [0.2, 0.25) is 0 Å². The molecule has 0 saturated heterocycles. The average molecular weight is 241 g/mol. The van der Waals surface area contributed by atoms with E-state index < -0.39 is 0 Å². The van der Waals surface area contributed by atoms with E-state index in [-0.39, 0.29) is 0 Å². The van der Waals surface area contributed by atoms with E-state index in [0.29, 0.717) is 23.7 Å². The van der Waals surface area contributed by atoms with Crippen LogP contribution < -0.4 is 11.1 Å². The van der Waals surface area contributed by atoms with Crippen LogP contribution in [0.2, 0.25) is 0 Å². The first kappa shape index (κ1) is 14.3. The highest BCUT2D eigenvalue weighted by molar-refractivity contribution is 5.79. The number of nitrogens with one attached hydrogen (secondary N) is 1. The predicted molar refractivity (Wildman–Crippen MR) is 71.3 cm³/mol. The first-order valence-electron chi connectivity index (χ1n) is 6.76. The van der Waals surface area contributed by atoms with Crippen LogP contribution in [0.4, 0.5) is 0 Å². The Morgan fingerprint density at radius 1 is 1.41 bits per heavy atom. The van der Waals surface area contributed by atoms with Crippen molar-refractivity contribution in [3.63, 3.8) is 0 Å². The second-order valence-electron chi connectivity index (χ2n) is 5.79. The Morgan fingerprint density at radius 3 is 2.82 bits per heavy atom. The fourth-order valence-electron chi connectivity index (χ4n) is 2.63. The van der Waals surface area contributed by atoms with Gasteiger partial charge >= 0.3 is 0 Å². The van der Waals surface area contributed by atoms with Gasteiger partial charge in [-0.2, -0.15) is 0 Å². The molecule has 0 amide bonds. The highest BCUT2D eigenvalue weighted by Gasteiger charge is 2.31. The maximum absolute atomic E-state index is 8.41. The van der Waals surface area contributed by atoms with Gasteiger partial charge in [-0.1, -0.05) is 31.8 Å². The quantitative estimate of drug-likeness (QED) is 0.220. The second-order valence-corrected chi connectivity index (χ2v) is 5.79. The number of oxime groups is 1. The standard InChI is InChI=1S/C13H27N3O/c1-13(2)9-5-3-7-11(13)15-10-6-4-8-12(14)16-17/h11,15,17H,3-10H2,1-2H3,(H2,14,16). The SMILES string of the molecule is CC1(C)CCCCC1NCCCCC(N)=NO. The molecule has 4 heteroatoms. The molecule has 17 heavy (non-hydrogen) atoms. The van der Waals surface area contributed by atoms with Crippen molar-refractivity contribution < 1.29 is 5.21 Å². The Bertz CT molecular complexity index is 251. The molecular weight excluding hydrogens is 214 g/mol. The minimum Gasteiger partial charge on any atom is -0.409 e. The molecular formula is C13H27N3O. The van der Waals surface area contributed by atoms with Crippen LogP contribution >= 0.6 is 0 Å². The van der Waals surface area contributed by atoms with Gasteiger partial charge in [0.15, 0.2) is 0 Å². The zero-order valence-electron chi connectivity index (χ0n) is 11.2. The zero-order valence-corrected chi connectivity index (χ0v) is 11.2. The van der Waals surface area contributed by atoms with Crippen molar-refractivity contribution >= 4 is 5.84 Å². The first-order valence-corrected chi connectivity index (χ1v) is 6.76. The monoisotopic (exact) mass is 241 g/mol. The van der Waals surface area contributed by atoms with Crippen molar-refractivity contribution in [2.24, 2.45) is 16.3 Å². The molecule has 0 spiro atoms. The summed E-state index contributed by atoms with van der Waals surface area (Å²) in [5.41, 5.74) is 5.86. The normalized spacial score (nSPS) is 24.8. The molecule has 0 aliphatic heterocycles. The highest BCUT2D eigenvalue weighted by atomic mass is 16.4. The smallest absolute Gasteiger partial charge is 0.139 e. The molecule has 1 rings (SSSR count).